The first-order valence-electron chi connectivity index (χ1n) is 5.55. The summed E-state index contributed by atoms with van der Waals surface area (Å²) in [5, 5.41) is 0. The molecule has 0 aliphatic rings. The molecule has 0 fully saturated rings. The van der Waals surface area contributed by atoms with Gasteiger partial charge in [-0.2, -0.15) is 4.31 Å². The van der Waals surface area contributed by atoms with Gasteiger partial charge in [-0.05, 0) is 24.3 Å². The highest BCUT2D eigenvalue weighted by molar-refractivity contribution is 7.89. The number of halogens is 2. The average Bonchev–Trinajstić information content (AvgIpc) is 2.79. The van der Waals surface area contributed by atoms with E-state index in [0.29, 0.717) is 5.76 Å². The molecule has 2 rings (SSSR count). The van der Waals surface area contributed by atoms with Crippen molar-refractivity contribution in [2.24, 2.45) is 0 Å². The molecule has 0 aliphatic heterocycles. The molecule has 0 bridgehead atoms. The van der Waals surface area contributed by atoms with E-state index in [1.165, 1.54) is 13.3 Å². The third-order valence-corrected chi connectivity index (χ3v) is 4.50. The van der Waals surface area contributed by atoms with Crippen LogP contribution in [-0.4, -0.2) is 19.8 Å². The maximum absolute atomic E-state index is 13.7. The zero-order valence-electron chi connectivity index (χ0n) is 10.5. The fraction of sp³-hybridized carbons (Fsp3) is 0.167. The molecule has 1 aromatic heterocycles. The van der Waals surface area contributed by atoms with Gasteiger partial charge in [0.25, 0.3) is 0 Å². The summed E-state index contributed by atoms with van der Waals surface area (Å²) in [7, 11) is -3.12. The van der Waals surface area contributed by atoms with Gasteiger partial charge < -0.3 is 10.2 Å². The topological polar surface area (TPSA) is 76.5 Å². The quantitative estimate of drug-likeness (QED) is 0.876. The minimum absolute atomic E-state index is 0.140. The van der Waals surface area contributed by atoms with E-state index in [1.807, 2.05) is 0 Å². The van der Waals surface area contributed by atoms with Crippen LogP contribution in [0, 0.1) is 11.6 Å². The Morgan fingerprint density at radius 3 is 2.40 bits per heavy atom. The van der Waals surface area contributed by atoms with E-state index in [-0.39, 0.29) is 12.2 Å². The molecule has 0 atom stereocenters. The van der Waals surface area contributed by atoms with Crippen molar-refractivity contribution in [1.29, 1.82) is 0 Å². The van der Waals surface area contributed by atoms with Crippen molar-refractivity contribution in [1.82, 2.24) is 4.31 Å². The summed E-state index contributed by atoms with van der Waals surface area (Å²) in [6.45, 7) is -0.140. The van der Waals surface area contributed by atoms with Crippen LogP contribution in [0.25, 0.3) is 0 Å². The van der Waals surface area contributed by atoms with E-state index >= 15 is 0 Å². The van der Waals surface area contributed by atoms with Crippen molar-refractivity contribution < 1.29 is 21.6 Å². The number of rotatable bonds is 4. The normalized spacial score (nSPS) is 12.0. The highest BCUT2D eigenvalue weighted by atomic mass is 32.2. The van der Waals surface area contributed by atoms with Crippen molar-refractivity contribution in [2.75, 3.05) is 12.8 Å². The number of hydrogen-bond donors (Lipinski definition) is 1. The van der Waals surface area contributed by atoms with Crippen LogP contribution in [0.15, 0.2) is 39.8 Å². The van der Waals surface area contributed by atoms with Crippen LogP contribution in [0.4, 0.5) is 14.5 Å². The van der Waals surface area contributed by atoms with Gasteiger partial charge in [-0.1, -0.05) is 0 Å². The first-order valence-corrected chi connectivity index (χ1v) is 6.99. The largest absolute Gasteiger partial charge is 0.468 e. The third-order valence-electron chi connectivity index (χ3n) is 2.65. The predicted octanol–water partition coefficient (Wildman–Crippen LogP) is 1.96. The van der Waals surface area contributed by atoms with E-state index in [0.717, 1.165) is 16.4 Å². The standard InChI is InChI=1S/C12H12F2N2O3S/c1-16(7-9-3-2-4-19-9)20(17,18)12-10(13)5-8(15)6-11(12)14/h2-6H,7,15H2,1H3. The highest BCUT2D eigenvalue weighted by Crippen LogP contribution is 2.25. The second-order valence-electron chi connectivity index (χ2n) is 4.15. The van der Waals surface area contributed by atoms with Gasteiger partial charge >= 0.3 is 0 Å². The Balaban J connectivity index is 2.40. The number of benzene rings is 1. The smallest absolute Gasteiger partial charge is 0.249 e. The Bertz CT molecular complexity index is 691. The van der Waals surface area contributed by atoms with E-state index < -0.39 is 26.6 Å². The van der Waals surface area contributed by atoms with E-state index in [4.69, 9.17) is 10.2 Å². The summed E-state index contributed by atoms with van der Waals surface area (Å²) in [6.07, 6.45) is 1.38. The molecule has 1 aromatic carbocycles. The maximum atomic E-state index is 13.7. The SMILES string of the molecule is CN(Cc1ccco1)S(=O)(=O)c1c(F)cc(N)cc1F. The lowest BCUT2D eigenvalue weighted by Crippen LogP contribution is -2.28. The molecular formula is C12H12F2N2O3S. The van der Waals surface area contributed by atoms with Crippen LogP contribution in [0.1, 0.15) is 5.76 Å². The minimum Gasteiger partial charge on any atom is -0.468 e. The Morgan fingerprint density at radius 2 is 1.90 bits per heavy atom. The average molecular weight is 302 g/mol. The first kappa shape index (κ1) is 14.5. The summed E-state index contributed by atoms with van der Waals surface area (Å²) in [5.74, 6) is -2.10. The predicted molar refractivity (Wildman–Crippen MR) is 68.1 cm³/mol. The summed E-state index contributed by atoms with van der Waals surface area (Å²) in [6, 6.07) is 4.66. The van der Waals surface area contributed by atoms with Gasteiger partial charge in [0, 0.05) is 12.7 Å². The van der Waals surface area contributed by atoms with E-state index in [9.17, 15) is 17.2 Å². The van der Waals surface area contributed by atoms with Crippen LogP contribution in [0.2, 0.25) is 0 Å². The molecule has 0 amide bonds. The number of anilines is 1. The fourth-order valence-electron chi connectivity index (χ4n) is 1.69. The molecule has 5 nitrogen and oxygen atoms in total. The third kappa shape index (κ3) is 2.66. The zero-order valence-corrected chi connectivity index (χ0v) is 11.3. The van der Waals surface area contributed by atoms with Crippen LogP contribution in [0.3, 0.4) is 0 Å². The number of hydrogen-bond acceptors (Lipinski definition) is 4. The fourth-order valence-corrected chi connectivity index (χ4v) is 2.91. The van der Waals surface area contributed by atoms with E-state index in [1.54, 1.807) is 12.1 Å². The Labute approximate surface area is 114 Å². The van der Waals surface area contributed by atoms with Crippen molar-refractivity contribution >= 4 is 15.7 Å². The van der Waals surface area contributed by atoms with Gasteiger partial charge in [0.2, 0.25) is 10.0 Å². The summed E-state index contributed by atoms with van der Waals surface area (Å²) < 4.78 is 57.5. The molecule has 2 N–H and O–H groups in total. The second kappa shape index (κ2) is 5.22. The number of nitrogens with zero attached hydrogens (tertiary/aromatic N) is 1. The molecule has 0 radical (unpaired) electrons. The van der Waals surface area contributed by atoms with Gasteiger partial charge in [-0.25, -0.2) is 17.2 Å². The molecule has 0 spiro atoms. The molecule has 108 valence electrons. The second-order valence-corrected chi connectivity index (χ2v) is 6.14. The summed E-state index contributed by atoms with van der Waals surface area (Å²) in [4.78, 5) is -1.03. The van der Waals surface area contributed by atoms with E-state index in [2.05, 4.69) is 0 Å². The summed E-state index contributed by atoms with van der Waals surface area (Å²) >= 11 is 0. The van der Waals surface area contributed by atoms with Gasteiger partial charge in [-0.3, -0.25) is 0 Å². The van der Waals surface area contributed by atoms with Gasteiger partial charge in [0.1, 0.15) is 17.4 Å². The molecular weight excluding hydrogens is 290 g/mol. The van der Waals surface area contributed by atoms with Crippen LogP contribution in [-0.2, 0) is 16.6 Å². The minimum atomic E-state index is -4.33. The number of nitrogens with two attached hydrogens (primary N) is 1. The molecule has 0 aliphatic carbocycles. The van der Waals surface area contributed by atoms with Crippen LogP contribution < -0.4 is 5.73 Å². The molecule has 8 heteroatoms. The Kier molecular flexibility index (Phi) is 3.78. The lowest BCUT2D eigenvalue weighted by molar-refractivity contribution is 0.400. The number of nitrogen functional groups attached to an aromatic ring is 1. The zero-order chi connectivity index (χ0) is 14.9. The van der Waals surface area contributed by atoms with Crippen LogP contribution >= 0.6 is 0 Å². The van der Waals surface area contributed by atoms with Gasteiger partial charge in [0.15, 0.2) is 4.90 Å². The van der Waals surface area contributed by atoms with Crippen molar-refractivity contribution in [3.05, 3.63) is 47.9 Å². The number of sulfonamides is 1. The molecule has 0 saturated carbocycles. The summed E-state index contributed by atoms with van der Waals surface area (Å²) in [5.41, 5.74) is 5.07. The molecule has 0 unspecified atom stereocenters. The Hall–Kier alpha value is -1.93. The lowest BCUT2D eigenvalue weighted by atomic mass is 10.3. The highest BCUT2D eigenvalue weighted by Gasteiger charge is 2.29. The van der Waals surface area contributed by atoms with Gasteiger partial charge in [0.05, 0.1) is 12.8 Å². The Morgan fingerprint density at radius 1 is 1.30 bits per heavy atom. The van der Waals surface area contributed by atoms with Crippen molar-refractivity contribution in [3.63, 3.8) is 0 Å². The first-order chi connectivity index (χ1) is 9.32. The van der Waals surface area contributed by atoms with Gasteiger partial charge in [-0.15, -0.1) is 0 Å². The van der Waals surface area contributed by atoms with Crippen molar-refractivity contribution in [3.8, 4) is 0 Å². The van der Waals surface area contributed by atoms with Crippen molar-refractivity contribution in [2.45, 2.75) is 11.4 Å². The molecule has 1 heterocycles. The lowest BCUT2D eigenvalue weighted by Gasteiger charge is -2.17. The molecule has 20 heavy (non-hydrogen) atoms. The number of furan rings is 1. The molecule has 2 aromatic rings. The monoisotopic (exact) mass is 302 g/mol. The van der Waals surface area contributed by atoms with Crippen LogP contribution in [0.5, 0.6) is 0 Å². The maximum Gasteiger partial charge on any atom is 0.249 e. The molecule has 0 saturated heterocycles.